The third-order valence-corrected chi connectivity index (χ3v) is 6.68. The molecular weight excluding hydrogens is 497 g/mol. The number of hydrogen-bond donors (Lipinski definition) is 3. The molecule has 0 spiro atoms. The molecule has 2 amide bonds. The van der Waals surface area contributed by atoms with E-state index in [1.807, 2.05) is 55.5 Å². The number of fused-ring (bicyclic) bond motifs is 1. The van der Waals surface area contributed by atoms with Gasteiger partial charge in [0.15, 0.2) is 0 Å². The van der Waals surface area contributed by atoms with Crippen LogP contribution in [0.1, 0.15) is 41.3 Å². The highest BCUT2D eigenvalue weighted by atomic mass is 19.1. The van der Waals surface area contributed by atoms with Gasteiger partial charge in [0.25, 0.3) is 11.8 Å². The van der Waals surface area contributed by atoms with Crippen molar-refractivity contribution in [2.75, 3.05) is 10.6 Å². The number of halogens is 1. The van der Waals surface area contributed by atoms with E-state index in [0.29, 0.717) is 29.8 Å². The molecule has 3 N–H and O–H groups in total. The molecule has 3 heterocycles. The smallest absolute Gasteiger partial charge is 0.269 e. The van der Waals surface area contributed by atoms with Gasteiger partial charge in [-0.15, -0.1) is 0 Å². The highest BCUT2D eigenvalue weighted by Crippen LogP contribution is 2.30. The predicted molar refractivity (Wildman–Crippen MR) is 146 cm³/mol. The third kappa shape index (κ3) is 4.88. The van der Waals surface area contributed by atoms with E-state index < -0.39 is 23.9 Å². The molecule has 0 saturated heterocycles. The van der Waals surface area contributed by atoms with Crippen LogP contribution in [0, 0.1) is 5.95 Å². The van der Waals surface area contributed by atoms with Gasteiger partial charge in [-0.25, -0.2) is 9.98 Å². The van der Waals surface area contributed by atoms with E-state index in [1.54, 1.807) is 18.2 Å². The zero-order valence-electron chi connectivity index (χ0n) is 21.2. The summed E-state index contributed by atoms with van der Waals surface area (Å²) in [4.78, 5) is 35.5. The van der Waals surface area contributed by atoms with Crippen molar-refractivity contribution in [2.45, 2.75) is 38.5 Å². The van der Waals surface area contributed by atoms with Gasteiger partial charge in [-0.05, 0) is 38.0 Å². The number of nitrogens with one attached hydrogen (secondary N) is 3. The highest BCUT2D eigenvalue weighted by molar-refractivity contribution is 6.20. The minimum absolute atomic E-state index is 0.117. The maximum Gasteiger partial charge on any atom is 0.269 e. The number of hydrogen-bond acceptors (Lipinski definition) is 6. The van der Waals surface area contributed by atoms with Crippen molar-refractivity contribution in [3.05, 3.63) is 95.6 Å². The molecular formula is C29H26FN7O2. The quantitative estimate of drug-likeness (QED) is 0.314. The number of aryl methyl sites for hydroxylation is 1. The summed E-state index contributed by atoms with van der Waals surface area (Å²) >= 11 is 0. The summed E-state index contributed by atoms with van der Waals surface area (Å²) in [5.74, 6) is -1.36. The molecule has 0 radical (unpaired) electrons. The Balaban J connectivity index is 1.35. The molecule has 39 heavy (non-hydrogen) atoms. The van der Waals surface area contributed by atoms with Gasteiger partial charge in [0.2, 0.25) is 12.1 Å². The maximum absolute atomic E-state index is 15.2. The van der Waals surface area contributed by atoms with Crippen molar-refractivity contribution in [3.8, 4) is 11.3 Å². The second-order valence-electron chi connectivity index (χ2n) is 9.43. The summed E-state index contributed by atoms with van der Waals surface area (Å²) in [6.45, 7) is 2.25. The number of nitrogens with zero attached hydrogens (tertiary/aromatic N) is 4. The zero-order valence-corrected chi connectivity index (χ0v) is 21.2. The fourth-order valence-corrected chi connectivity index (χ4v) is 4.59. The average Bonchev–Trinajstić information content (AvgIpc) is 3.68. The molecule has 2 aliphatic rings. The van der Waals surface area contributed by atoms with Crippen LogP contribution in [0.2, 0.25) is 0 Å². The standard InChI is InChI=1S/C29H26FN7O2/c1-2-37-25(20-14-15-23(34-26(20)30)32-18-12-13-18)21(16-31-37)28(38)36-27-29(39)33-22-11-7-6-10-19(22)24(35-27)17-8-4-3-5-9-17/h3-11,14-16,18,27H,2,12-13H2,1H3,(H,32,34)(H,33,39)(H,36,38)/t27-/m1/s1. The second kappa shape index (κ2) is 10.1. The lowest BCUT2D eigenvalue weighted by atomic mass is 10.0. The second-order valence-corrected chi connectivity index (χ2v) is 9.43. The molecule has 1 fully saturated rings. The minimum Gasteiger partial charge on any atom is -0.367 e. The summed E-state index contributed by atoms with van der Waals surface area (Å²) in [7, 11) is 0. The van der Waals surface area contributed by atoms with Crippen LogP contribution in [0.25, 0.3) is 11.3 Å². The average molecular weight is 524 g/mol. The van der Waals surface area contributed by atoms with E-state index in [-0.39, 0.29) is 16.8 Å². The van der Waals surface area contributed by atoms with Gasteiger partial charge in [-0.3, -0.25) is 14.3 Å². The molecule has 1 aliphatic carbocycles. The molecule has 9 nitrogen and oxygen atoms in total. The molecule has 10 heteroatoms. The summed E-state index contributed by atoms with van der Waals surface area (Å²) in [5.41, 5.74) is 3.23. The zero-order chi connectivity index (χ0) is 26.9. The van der Waals surface area contributed by atoms with Crippen molar-refractivity contribution in [1.82, 2.24) is 20.1 Å². The number of carbonyl (C=O) groups excluding carboxylic acids is 2. The van der Waals surface area contributed by atoms with Gasteiger partial charge in [-0.2, -0.15) is 9.49 Å². The van der Waals surface area contributed by atoms with Crippen LogP contribution in [0.3, 0.4) is 0 Å². The Morgan fingerprint density at radius 2 is 1.82 bits per heavy atom. The molecule has 0 bridgehead atoms. The van der Waals surface area contributed by atoms with Gasteiger partial charge >= 0.3 is 0 Å². The fourth-order valence-electron chi connectivity index (χ4n) is 4.59. The van der Waals surface area contributed by atoms with Crippen LogP contribution < -0.4 is 16.0 Å². The number of rotatable bonds is 7. The Hall–Kier alpha value is -4.86. The van der Waals surface area contributed by atoms with Gasteiger partial charge < -0.3 is 16.0 Å². The molecule has 2 aromatic heterocycles. The van der Waals surface area contributed by atoms with E-state index in [1.165, 1.54) is 10.9 Å². The lowest BCUT2D eigenvalue weighted by molar-refractivity contribution is -0.117. The molecule has 1 saturated carbocycles. The Morgan fingerprint density at radius 1 is 1.05 bits per heavy atom. The number of benzodiazepines with no additional fused rings is 1. The first-order valence-electron chi connectivity index (χ1n) is 12.9. The van der Waals surface area contributed by atoms with E-state index >= 15 is 4.39 Å². The van der Waals surface area contributed by atoms with E-state index in [4.69, 9.17) is 0 Å². The van der Waals surface area contributed by atoms with Crippen molar-refractivity contribution in [1.29, 1.82) is 0 Å². The number of aromatic nitrogens is 3. The number of carbonyl (C=O) groups is 2. The van der Waals surface area contributed by atoms with Gasteiger partial charge in [0, 0.05) is 23.7 Å². The first-order chi connectivity index (χ1) is 19.0. The molecule has 1 atom stereocenters. The first kappa shape index (κ1) is 24.5. The molecule has 1 aliphatic heterocycles. The Kier molecular flexibility index (Phi) is 6.36. The summed E-state index contributed by atoms with van der Waals surface area (Å²) in [6.07, 6.45) is 2.21. The van der Waals surface area contributed by atoms with Crippen LogP contribution in [0.5, 0.6) is 0 Å². The molecule has 196 valence electrons. The maximum atomic E-state index is 15.2. The van der Waals surface area contributed by atoms with Gasteiger partial charge in [0.1, 0.15) is 5.82 Å². The Morgan fingerprint density at radius 3 is 2.56 bits per heavy atom. The Bertz CT molecular complexity index is 1590. The molecule has 4 aromatic rings. The van der Waals surface area contributed by atoms with Crippen LogP contribution in [-0.4, -0.2) is 44.5 Å². The topological polar surface area (TPSA) is 113 Å². The normalized spacial score (nSPS) is 16.5. The number of para-hydroxylation sites is 1. The highest BCUT2D eigenvalue weighted by Gasteiger charge is 2.30. The van der Waals surface area contributed by atoms with Crippen molar-refractivity contribution in [2.24, 2.45) is 4.99 Å². The fraction of sp³-hybridized carbons (Fsp3) is 0.207. The number of anilines is 2. The van der Waals surface area contributed by atoms with E-state index in [9.17, 15) is 9.59 Å². The number of pyridine rings is 1. The number of aliphatic imine (C=N–C) groups is 1. The number of amides is 2. The SMILES string of the molecule is CCn1ncc(C(=O)N[C@H]2N=C(c3ccccc3)c3ccccc3NC2=O)c1-c1ccc(NC2CC2)nc1F. The first-order valence-corrected chi connectivity index (χ1v) is 12.9. The lowest BCUT2D eigenvalue weighted by Gasteiger charge is -2.14. The van der Waals surface area contributed by atoms with Crippen LogP contribution in [0.4, 0.5) is 15.9 Å². The number of benzene rings is 2. The van der Waals surface area contributed by atoms with Crippen molar-refractivity contribution < 1.29 is 14.0 Å². The van der Waals surface area contributed by atoms with Crippen molar-refractivity contribution >= 4 is 29.0 Å². The summed E-state index contributed by atoms with van der Waals surface area (Å²) in [6, 6.07) is 20.4. The summed E-state index contributed by atoms with van der Waals surface area (Å²) in [5, 5.41) is 13.0. The lowest BCUT2D eigenvalue weighted by Crippen LogP contribution is -2.42. The molecule has 0 unspecified atom stereocenters. The predicted octanol–water partition coefficient (Wildman–Crippen LogP) is 4.22. The van der Waals surface area contributed by atoms with Gasteiger partial charge in [0.05, 0.1) is 34.4 Å². The largest absolute Gasteiger partial charge is 0.367 e. The van der Waals surface area contributed by atoms with Gasteiger partial charge in [-0.1, -0.05) is 48.5 Å². The van der Waals surface area contributed by atoms with Crippen LogP contribution in [0.15, 0.2) is 77.9 Å². The third-order valence-electron chi connectivity index (χ3n) is 6.68. The van der Waals surface area contributed by atoms with E-state index in [2.05, 4.69) is 31.0 Å². The summed E-state index contributed by atoms with van der Waals surface area (Å²) < 4.78 is 16.7. The minimum atomic E-state index is -1.23. The van der Waals surface area contributed by atoms with Crippen LogP contribution >= 0.6 is 0 Å². The van der Waals surface area contributed by atoms with E-state index in [0.717, 1.165) is 24.0 Å². The van der Waals surface area contributed by atoms with Crippen molar-refractivity contribution in [3.63, 3.8) is 0 Å². The molecule has 6 rings (SSSR count). The Labute approximate surface area is 224 Å². The molecule has 2 aromatic carbocycles. The monoisotopic (exact) mass is 523 g/mol. The van der Waals surface area contributed by atoms with Crippen LogP contribution in [-0.2, 0) is 11.3 Å².